The molecule has 1 fully saturated rings. The first-order chi connectivity index (χ1) is 8.68. The van der Waals surface area contributed by atoms with Crippen molar-refractivity contribution in [2.45, 2.75) is 25.8 Å². The minimum atomic E-state index is 0.0370. The molecule has 0 radical (unpaired) electrons. The molecule has 1 aromatic rings. The van der Waals surface area contributed by atoms with E-state index >= 15 is 0 Å². The summed E-state index contributed by atoms with van der Waals surface area (Å²) in [6.45, 7) is 3.85. The number of hydrogen-bond donors (Lipinski definition) is 2. The van der Waals surface area contributed by atoms with Crippen LogP contribution in [0.15, 0.2) is 28.7 Å². The lowest BCUT2D eigenvalue weighted by Crippen LogP contribution is -2.41. The third-order valence-electron chi connectivity index (χ3n) is 3.40. The Morgan fingerprint density at radius 3 is 2.94 bits per heavy atom. The summed E-state index contributed by atoms with van der Waals surface area (Å²) in [7, 11) is 0. The molecule has 4 heteroatoms. The van der Waals surface area contributed by atoms with Gasteiger partial charge >= 0.3 is 0 Å². The highest BCUT2D eigenvalue weighted by atomic mass is 79.9. The van der Waals surface area contributed by atoms with Crippen LogP contribution >= 0.6 is 15.9 Å². The highest BCUT2D eigenvalue weighted by molar-refractivity contribution is 9.10. The molecule has 2 atom stereocenters. The van der Waals surface area contributed by atoms with E-state index in [0.717, 1.165) is 36.0 Å². The Balaban J connectivity index is 1.96. The molecule has 1 aliphatic rings. The van der Waals surface area contributed by atoms with E-state index in [9.17, 15) is 4.79 Å². The molecule has 98 valence electrons. The molecule has 1 aromatic carbocycles. The second kappa shape index (κ2) is 6.34. The highest BCUT2D eigenvalue weighted by Gasteiger charge is 2.22. The molecule has 18 heavy (non-hydrogen) atoms. The van der Waals surface area contributed by atoms with Gasteiger partial charge in [-0.1, -0.05) is 34.1 Å². The van der Waals surface area contributed by atoms with Crippen LogP contribution in [0.4, 0.5) is 0 Å². The molecule has 1 heterocycles. The van der Waals surface area contributed by atoms with Crippen LogP contribution < -0.4 is 10.6 Å². The van der Waals surface area contributed by atoms with Gasteiger partial charge in [-0.3, -0.25) is 4.79 Å². The Morgan fingerprint density at radius 1 is 1.50 bits per heavy atom. The number of carbonyl (C=O) groups excluding carboxylic acids is 1. The summed E-state index contributed by atoms with van der Waals surface area (Å²) >= 11 is 3.52. The van der Waals surface area contributed by atoms with Crippen LogP contribution in [0.5, 0.6) is 0 Å². The molecule has 0 spiro atoms. The van der Waals surface area contributed by atoms with Gasteiger partial charge in [0.15, 0.2) is 0 Å². The lowest BCUT2D eigenvalue weighted by Gasteiger charge is -2.24. The minimum Gasteiger partial charge on any atom is -0.349 e. The van der Waals surface area contributed by atoms with Gasteiger partial charge in [-0.25, -0.2) is 0 Å². The van der Waals surface area contributed by atoms with Crippen LogP contribution in [0, 0.1) is 5.92 Å². The fourth-order valence-electron chi connectivity index (χ4n) is 2.31. The van der Waals surface area contributed by atoms with E-state index < -0.39 is 0 Å². The van der Waals surface area contributed by atoms with Crippen molar-refractivity contribution in [1.29, 1.82) is 0 Å². The van der Waals surface area contributed by atoms with Crippen molar-refractivity contribution in [2.75, 3.05) is 13.1 Å². The lowest BCUT2D eigenvalue weighted by atomic mass is 9.98. The Bertz CT molecular complexity index is 416. The Kier molecular flexibility index (Phi) is 4.78. The van der Waals surface area contributed by atoms with E-state index in [4.69, 9.17) is 0 Å². The molecular weight excluding hydrogens is 292 g/mol. The quantitative estimate of drug-likeness (QED) is 0.901. The van der Waals surface area contributed by atoms with Crippen LogP contribution in [0.2, 0.25) is 0 Å². The molecule has 0 bridgehead atoms. The average molecular weight is 311 g/mol. The maximum atomic E-state index is 12.1. The summed E-state index contributed by atoms with van der Waals surface area (Å²) in [6.07, 6.45) is 2.07. The van der Waals surface area contributed by atoms with Gasteiger partial charge < -0.3 is 10.6 Å². The molecule has 3 nitrogen and oxygen atoms in total. The van der Waals surface area contributed by atoms with E-state index in [0.29, 0.717) is 0 Å². The summed E-state index contributed by atoms with van der Waals surface area (Å²) in [5, 5.41) is 6.37. The zero-order chi connectivity index (χ0) is 13.0. The second-order valence-corrected chi connectivity index (χ2v) is 5.65. The normalized spacial score (nSPS) is 21.3. The fourth-order valence-corrected chi connectivity index (χ4v) is 2.94. The van der Waals surface area contributed by atoms with Gasteiger partial charge in [0.2, 0.25) is 5.91 Å². The number of hydrogen-bond acceptors (Lipinski definition) is 2. The van der Waals surface area contributed by atoms with E-state index in [2.05, 4.69) is 26.6 Å². The van der Waals surface area contributed by atoms with E-state index in [-0.39, 0.29) is 17.9 Å². The summed E-state index contributed by atoms with van der Waals surface area (Å²) in [4.78, 5) is 12.1. The van der Waals surface area contributed by atoms with Crippen molar-refractivity contribution in [3.63, 3.8) is 0 Å². The van der Waals surface area contributed by atoms with Gasteiger partial charge in [0.25, 0.3) is 0 Å². The van der Waals surface area contributed by atoms with Gasteiger partial charge in [-0.2, -0.15) is 0 Å². The fraction of sp³-hybridized carbons (Fsp3) is 0.500. The third-order valence-corrected chi connectivity index (χ3v) is 4.12. The molecule has 1 saturated heterocycles. The van der Waals surface area contributed by atoms with Crippen LogP contribution in [0.25, 0.3) is 0 Å². The molecule has 0 aliphatic carbocycles. The van der Waals surface area contributed by atoms with Crippen LogP contribution in [0.3, 0.4) is 0 Å². The van der Waals surface area contributed by atoms with Gasteiger partial charge in [-0.05, 0) is 37.9 Å². The monoisotopic (exact) mass is 310 g/mol. The summed E-state index contributed by atoms with van der Waals surface area (Å²) in [6, 6.07) is 8.04. The van der Waals surface area contributed by atoms with Crippen LogP contribution in [-0.4, -0.2) is 19.0 Å². The van der Waals surface area contributed by atoms with Crippen molar-refractivity contribution >= 4 is 21.8 Å². The topological polar surface area (TPSA) is 41.1 Å². The molecule has 2 N–H and O–H groups in total. The number of nitrogens with one attached hydrogen (secondary N) is 2. The lowest BCUT2D eigenvalue weighted by molar-refractivity contribution is -0.126. The van der Waals surface area contributed by atoms with Crippen molar-refractivity contribution in [3.8, 4) is 0 Å². The number of halogens is 1. The standard InChI is InChI=1S/C14H19BrN2O/c1-10(12-6-2-3-7-13(12)15)17-14(18)11-5-4-8-16-9-11/h2-3,6-7,10-11,16H,4-5,8-9H2,1H3,(H,17,18)/t10?,11-/m1/s1. The molecule has 0 saturated carbocycles. The molecule has 1 amide bonds. The summed E-state index contributed by atoms with van der Waals surface area (Å²) < 4.78 is 1.04. The summed E-state index contributed by atoms with van der Waals surface area (Å²) in [5.41, 5.74) is 1.12. The average Bonchev–Trinajstić information content (AvgIpc) is 2.40. The number of amides is 1. The highest BCUT2D eigenvalue weighted by Crippen LogP contribution is 2.23. The van der Waals surface area contributed by atoms with Crippen molar-refractivity contribution in [2.24, 2.45) is 5.92 Å². The summed E-state index contributed by atoms with van der Waals surface area (Å²) in [5.74, 6) is 0.272. The maximum Gasteiger partial charge on any atom is 0.224 e. The van der Waals surface area contributed by atoms with E-state index in [1.165, 1.54) is 0 Å². The van der Waals surface area contributed by atoms with Crippen molar-refractivity contribution < 1.29 is 4.79 Å². The van der Waals surface area contributed by atoms with Gasteiger partial charge in [0, 0.05) is 11.0 Å². The van der Waals surface area contributed by atoms with Crippen LogP contribution in [-0.2, 0) is 4.79 Å². The Labute approximate surface area is 116 Å². The molecule has 0 aromatic heterocycles. The second-order valence-electron chi connectivity index (χ2n) is 4.80. The first-order valence-corrected chi connectivity index (χ1v) is 7.23. The Morgan fingerprint density at radius 2 is 2.28 bits per heavy atom. The molecule has 2 rings (SSSR count). The van der Waals surface area contributed by atoms with Crippen LogP contribution in [0.1, 0.15) is 31.4 Å². The Hall–Kier alpha value is -0.870. The van der Waals surface area contributed by atoms with Crippen molar-refractivity contribution in [3.05, 3.63) is 34.3 Å². The van der Waals surface area contributed by atoms with E-state index in [1.54, 1.807) is 0 Å². The molecule has 1 aliphatic heterocycles. The van der Waals surface area contributed by atoms with Gasteiger partial charge in [-0.15, -0.1) is 0 Å². The predicted molar refractivity (Wildman–Crippen MR) is 76.3 cm³/mol. The number of carbonyl (C=O) groups is 1. The first-order valence-electron chi connectivity index (χ1n) is 6.44. The smallest absolute Gasteiger partial charge is 0.224 e. The maximum absolute atomic E-state index is 12.1. The number of rotatable bonds is 3. The number of piperidine rings is 1. The zero-order valence-electron chi connectivity index (χ0n) is 10.6. The minimum absolute atomic E-state index is 0.0370. The third kappa shape index (κ3) is 3.33. The largest absolute Gasteiger partial charge is 0.349 e. The number of benzene rings is 1. The SMILES string of the molecule is CC(NC(=O)[C@@H]1CCCNC1)c1ccccc1Br. The first kappa shape index (κ1) is 13.6. The predicted octanol–water partition coefficient (Wildman–Crippen LogP) is 2.63. The molecule has 1 unspecified atom stereocenters. The zero-order valence-corrected chi connectivity index (χ0v) is 12.2. The molecular formula is C14H19BrN2O. The van der Waals surface area contributed by atoms with E-state index in [1.807, 2.05) is 31.2 Å². The van der Waals surface area contributed by atoms with Gasteiger partial charge in [0.05, 0.1) is 12.0 Å². The van der Waals surface area contributed by atoms with Gasteiger partial charge in [0.1, 0.15) is 0 Å². The van der Waals surface area contributed by atoms with Crippen molar-refractivity contribution in [1.82, 2.24) is 10.6 Å².